The number of carboxylic acids is 1. The van der Waals surface area contributed by atoms with Gasteiger partial charge in [-0.15, -0.1) is 0 Å². The van der Waals surface area contributed by atoms with Gasteiger partial charge in [0.15, 0.2) is 0 Å². The molecule has 0 aromatic heterocycles. The number of nitrogens with zero attached hydrogens (tertiary/aromatic N) is 1. The Bertz CT molecular complexity index is 546. The summed E-state index contributed by atoms with van der Waals surface area (Å²) in [5.74, 6) is -0.618. The summed E-state index contributed by atoms with van der Waals surface area (Å²) in [6, 6.07) is -0.122. The number of hydrogen-bond acceptors (Lipinski definition) is 3. The number of aliphatic carboxylic acids is 1. The minimum absolute atomic E-state index is 0.0751. The van der Waals surface area contributed by atoms with Crippen LogP contribution >= 0.6 is 0 Å². The van der Waals surface area contributed by atoms with Crippen LogP contribution in [0.2, 0.25) is 0 Å². The van der Waals surface area contributed by atoms with Crippen molar-refractivity contribution in [1.82, 2.24) is 10.2 Å². The van der Waals surface area contributed by atoms with Crippen LogP contribution in [-0.4, -0.2) is 53.3 Å². The monoisotopic (exact) mass is 350 g/mol. The predicted octanol–water partition coefficient (Wildman–Crippen LogP) is 2.76. The van der Waals surface area contributed by atoms with Crippen molar-refractivity contribution in [2.45, 2.75) is 75.9 Å². The van der Waals surface area contributed by atoms with Gasteiger partial charge in [-0.3, -0.25) is 4.79 Å². The maximum absolute atomic E-state index is 12.5. The zero-order chi connectivity index (χ0) is 17.5. The van der Waals surface area contributed by atoms with E-state index in [1.807, 2.05) is 0 Å². The highest BCUT2D eigenvalue weighted by atomic mass is 16.5. The number of hydrogen-bond donors (Lipinski definition) is 2. The Morgan fingerprint density at radius 1 is 1.08 bits per heavy atom. The van der Waals surface area contributed by atoms with E-state index in [4.69, 9.17) is 4.74 Å². The lowest BCUT2D eigenvalue weighted by Crippen LogP contribution is -2.44. The van der Waals surface area contributed by atoms with Gasteiger partial charge in [0.25, 0.3) is 0 Å². The number of nitrogens with one attached hydrogen (secondary N) is 1. The van der Waals surface area contributed by atoms with Crippen LogP contribution in [0.4, 0.5) is 4.79 Å². The molecule has 4 aliphatic rings. The van der Waals surface area contributed by atoms with Gasteiger partial charge in [0.1, 0.15) is 0 Å². The molecule has 6 heteroatoms. The molecule has 2 heterocycles. The Labute approximate surface area is 149 Å². The molecule has 2 N–H and O–H groups in total. The summed E-state index contributed by atoms with van der Waals surface area (Å²) in [5.41, 5.74) is -0.626. The lowest BCUT2D eigenvalue weighted by atomic mass is 9.81. The van der Waals surface area contributed by atoms with E-state index >= 15 is 0 Å². The molecule has 2 amide bonds. The van der Waals surface area contributed by atoms with E-state index in [0.717, 1.165) is 38.5 Å². The second kappa shape index (κ2) is 6.45. The molecular formula is C19H30N2O4. The van der Waals surface area contributed by atoms with E-state index < -0.39 is 11.4 Å². The van der Waals surface area contributed by atoms with E-state index in [1.54, 1.807) is 4.90 Å². The van der Waals surface area contributed by atoms with Gasteiger partial charge < -0.3 is 20.1 Å². The first-order valence-corrected chi connectivity index (χ1v) is 9.97. The third-order valence-electron chi connectivity index (χ3n) is 7.17. The number of carbonyl (C=O) groups excluding carboxylic acids is 1. The molecule has 4 fully saturated rings. The van der Waals surface area contributed by atoms with Crippen molar-refractivity contribution in [2.75, 3.05) is 19.6 Å². The molecule has 0 aromatic carbocycles. The van der Waals surface area contributed by atoms with Crippen LogP contribution < -0.4 is 5.32 Å². The standard InChI is InChI=1S/C19H30N2O4/c22-16(23)19-9-4-5-14(19)12-21(13-19)17(24)20-11-15-6-10-18(25-15)7-2-1-3-8-18/h14-15H,1-13H2,(H,20,24)(H,22,23)/t14-,15?,19+/m0/s1. The lowest BCUT2D eigenvalue weighted by molar-refractivity contribution is -0.149. The first kappa shape index (κ1) is 17.1. The maximum atomic E-state index is 12.5. The van der Waals surface area contributed by atoms with Gasteiger partial charge in [-0.25, -0.2) is 4.79 Å². The summed E-state index contributed by atoms with van der Waals surface area (Å²) in [7, 11) is 0. The molecule has 0 radical (unpaired) electrons. The highest BCUT2D eigenvalue weighted by molar-refractivity contribution is 5.80. The Balaban J connectivity index is 1.28. The molecule has 0 bridgehead atoms. The third kappa shape index (κ3) is 3.03. The minimum atomic E-state index is -0.733. The quantitative estimate of drug-likeness (QED) is 0.820. The molecule has 6 nitrogen and oxygen atoms in total. The highest BCUT2D eigenvalue weighted by Gasteiger charge is 2.55. The van der Waals surface area contributed by atoms with Gasteiger partial charge in [-0.2, -0.15) is 0 Å². The summed E-state index contributed by atoms with van der Waals surface area (Å²) in [6.07, 6.45) is 11.0. The van der Waals surface area contributed by atoms with Crippen molar-refractivity contribution in [3.05, 3.63) is 0 Å². The molecule has 1 spiro atoms. The summed E-state index contributed by atoms with van der Waals surface area (Å²) in [5, 5.41) is 12.6. The van der Waals surface area contributed by atoms with Crippen molar-refractivity contribution in [1.29, 1.82) is 0 Å². The van der Waals surface area contributed by atoms with E-state index in [1.165, 1.54) is 19.3 Å². The Kier molecular flexibility index (Phi) is 4.42. The predicted molar refractivity (Wildman–Crippen MR) is 92.3 cm³/mol. The molecular weight excluding hydrogens is 320 g/mol. The van der Waals surface area contributed by atoms with E-state index in [0.29, 0.717) is 26.1 Å². The summed E-state index contributed by atoms with van der Waals surface area (Å²) >= 11 is 0. The van der Waals surface area contributed by atoms with Crippen molar-refractivity contribution < 1.29 is 19.4 Å². The second-order valence-corrected chi connectivity index (χ2v) is 8.64. The van der Waals surface area contributed by atoms with Crippen molar-refractivity contribution in [3.8, 4) is 0 Å². The summed E-state index contributed by atoms with van der Waals surface area (Å²) < 4.78 is 6.31. The molecule has 1 unspecified atom stereocenters. The smallest absolute Gasteiger partial charge is 0.317 e. The number of amides is 2. The molecule has 25 heavy (non-hydrogen) atoms. The van der Waals surface area contributed by atoms with Crippen LogP contribution in [0.15, 0.2) is 0 Å². The fourth-order valence-corrected chi connectivity index (χ4v) is 5.71. The topological polar surface area (TPSA) is 78.9 Å². The molecule has 140 valence electrons. The Hall–Kier alpha value is -1.30. The maximum Gasteiger partial charge on any atom is 0.317 e. The molecule has 2 saturated heterocycles. The first-order chi connectivity index (χ1) is 12.0. The van der Waals surface area contributed by atoms with Crippen LogP contribution in [0.5, 0.6) is 0 Å². The fraction of sp³-hybridized carbons (Fsp3) is 0.895. The zero-order valence-electron chi connectivity index (χ0n) is 15.0. The van der Waals surface area contributed by atoms with Gasteiger partial charge in [-0.1, -0.05) is 25.7 Å². The average molecular weight is 350 g/mol. The number of carbonyl (C=O) groups is 2. The van der Waals surface area contributed by atoms with Gasteiger partial charge in [0.2, 0.25) is 0 Å². The zero-order valence-corrected chi connectivity index (χ0v) is 15.0. The van der Waals surface area contributed by atoms with Gasteiger partial charge >= 0.3 is 12.0 Å². The van der Waals surface area contributed by atoms with Crippen LogP contribution in [0, 0.1) is 11.3 Å². The Morgan fingerprint density at radius 2 is 1.88 bits per heavy atom. The lowest BCUT2D eigenvalue weighted by Gasteiger charge is -2.33. The Morgan fingerprint density at radius 3 is 2.60 bits per heavy atom. The van der Waals surface area contributed by atoms with Crippen LogP contribution in [-0.2, 0) is 9.53 Å². The van der Waals surface area contributed by atoms with Crippen LogP contribution in [0.1, 0.15) is 64.2 Å². The molecule has 4 rings (SSSR count). The summed E-state index contributed by atoms with van der Waals surface area (Å²) in [4.78, 5) is 26.0. The number of rotatable bonds is 3. The molecule has 0 aromatic rings. The number of carboxylic acid groups (broad SMARTS) is 1. The van der Waals surface area contributed by atoms with Crippen LogP contribution in [0.3, 0.4) is 0 Å². The van der Waals surface area contributed by atoms with E-state index in [2.05, 4.69) is 5.32 Å². The van der Waals surface area contributed by atoms with Gasteiger partial charge in [-0.05, 0) is 44.4 Å². The number of likely N-dealkylation sites (tertiary alicyclic amines) is 1. The third-order valence-corrected chi connectivity index (χ3v) is 7.17. The van der Waals surface area contributed by atoms with Gasteiger partial charge in [0, 0.05) is 19.6 Å². The highest BCUT2D eigenvalue weighted by Crippen LogP contribution is 2.49. The minimum Gasteiger partial charge on any atom is -0.481 e. The number of fused-ring (bicyclic) bond motifs is 1. The molecule has 2 aliphatic carbocycles. The molecule has 3 atom stereocenters. The number of urea groups is 1. The molecule has 2 aliphatic heterocycles. The van der Waals surface area contributed by atoms with Crippen molar-refractivity contribution in [2.24, 2.45) is 11.3 Å². The van der Waals surface area contributed by atoms with Gasteiger partial charge in [0.05, 0.1) is 17.1 Å². The SMILES string of the molecule is O=C(NCC1CCC2(CCCCC2)O1)N1C[C@@H]2CCC[C@@]2(C(=O)O)C1. The van der Waals surface area contributed by atoms with Crippen LogP contribution in [0.25, 0.3) is 0 Å². The van der Waals surface area contributed by atoms with Crippen molar-refractivity contribution >= 4 is 12.0 Å². The first-order valence-electron chi connectivity index (χ1n) is 9.97. The largest absolute Gasteiger partial charge is 0.481 e. The van der Waals surface area contributed by atoms with Crippen molar-refractivity contribution in [3.63, 3.8) is 0 Å². The van der Waals surface area contributed by atoms with E-state index in [9.17, 15) is 14.7 Å². The summed E-state index contributed by atoms with van der Waals surface area (Å²) in [6.45, 7) is 1.48. The fourth-order valence-electron chi connectivity index (χ4n) is 5.71. The van der Waals surface area contributed by atoms with E-state index in [-0.39, 0.29) is 23.7 Å². The average Bonchev–Trinajstić information content (AvgIpc) is 3.26. The number of ether oxygens (including phenoxy) is 1. The normalized spacial score (nSPS) is 36.6. The molecule has 2 saturated carbocycles. The second-order valence-electron chi connectivity index (χ2n) is 8.64.